The Morgan fingerprint density at radius 1 is 1.27 bits per heavy atom. The third-order valence-electron chi connectivity index (χ3n) is 3.85. The maximum absolute atomic E-state index is 5.95. The lowest BCUT2D eigenvalue weighted by molar-refractivity contribution is 0.0927. The minimum Gasteiger partial charge on any atom is -0.473 e. The van der Waals surface area contributed by atoms with Gasteiger partial charge in [-0.1, -0.05) is 28.1 Å². The fourth-order valence-electron chi connectivity index (χ4n) is 2.75. The molecule has 0 bridgehead atoms. The second-order valence-electron chi connectivity index (χ2n) is 5.72. The van der Waals surface area contributed by atoms with Crippen LogP contribution in [0.1, 0.15) is 24.1 Å². The number of halogens is 1. The van der Waals surface area contributed by atoms with Gasteiger partial charge in [0.05, 0.1) is 11.9 Å². The predicted octanol–water partition coefficient (Wildman–Crippen LogP) is 3.59. The minimum absolute atomic E-state index is 0.245. The molecule has 2 heterocycles. The van der Waals surface area contributed by atoms with E-state index in [0.29, 0.717) is 5.88 Å². The van der Waals surface area contributed by atoms with Crippen LogP contribution in [0.25, 0.3) is 0 Å². The van der Waals surface area contributed by atoms with Crippen molar-refractivity contribution in [3.8, 4) is 5.88 Å². The Bertz CT molecular complexity index is 571. The number of likely N-dealkylation sites (tertiary alicyclic amines) is 1. The van der Waals surface area contributed by atoms with Crippen molar-refractivity contribution in [2.24, 2.45) is 0 Å². The Kier molecular flexibility index (Phi) is 5.05. The Morgan fingerprint density at radius 2 is 2.09 bits per heavy atom. The molecule has 0 amide bonds. The van der Waals surface area contributed by atoms with Crippen LogP contribution in [0.3, 0.4) is 0 Å². The van der Waals surface area contributed by atoms with Gasteiger partial charge in [0.2, 0.25) is 5.88 Å². The van der Waals surface area contributed by atoms with Crippen LogP contribution in [0, 0.1) is 6.92 Å². The third kappa shape index (κ3) is 4.27. The maximum atomic E-state index is 5.95. The van der Waals surface area contributed by atoms with Gasteiger partial charge in [-0.3, -0.25) is 9.88 Å². The topological polar surface area (TPSA) is 38.2 Å². The van der Waals surface area contributed by atoms with E-state index in [-0.39, 0.29) is 6.10 Å². The molecule has 1 aliphatic rings. The van der Waals surface area contributed by atoms with Crippen molar-refractivity contribution in [1.29, 1.82) is 0 Å². The second-order valence-corrected chi connectivity index (χ2v) is 6.64. The smallest absolute Gasteiger partial charge is 0.232 e. The number of aryl methyl sites for hydroxylation is 1. The first-order valence-corrected chi connectivity index (χ1v) is 8.40. The van der Waals surface area contributed by atoms with Crippen LogP contribution in [-0.2, 0) is 6.54 Å². The van der Waals surface area contributed by atoms with Gasteiger partial charge in [0, 0.05) is 30.3 Å². The fraction of sp³-hybridized carbons (Fsp3) is 0.412. The zero-order valence-electron chi connectivity index (χ0n) is 12.7. The molecule has 0 N–H and O–H groups in total. The largest absolute Gasteiger partial charge is 0.473 e. The predicted molar refractivity (Wildman–Crippen MR) is 89.8 cm³/mol. The number of hydrogen-bond acceptors (Lipinski definition) is 4. The third-order valence-corrected chi connectivity index (χ3v) is 4.34. The molecule has 1 aromatic carbocycles. The fourth-order valence-corrected chi connectivity index (χ4v) is 3.19. The zero-order valence-corrected chi connectivity index (χ0v) is 14.3. The molecule has 0 atom stereocenters. The first-order valence-electron chi connectivity index (χ1n) is 7.61. The monoisotopic (exact) mass is 361 g/mol. The van der Waals surface area contributed by atoms with Crippen LogP contribution in [0.15, 0.2) is 41.1 Å². The van der Waals surface area contributed by atoms with Crippen LogP contribution in [0.5, 0.6) is 5.88 Å². The first-order chi connectivity index (χ1) is 10.7. The van der Waals surface area contributed by atoms with E-state index in [1.165, 1.54) is 5.56 Å². The van der Waals surface area contributed by atoms with Crippen LogP contribution < -0.4 is 4.74 Å². The summed E-state index contributed by atoms with van der Waals surface area (Å²) in [5, 5.41) is 0. The van der Waals surface area contributed by atoms with Gasteiger partial charge in [-0.25, -0.2) is 4.98 Å². The summed E-state index contributed by atoms with van der Waals surface area (Å²) in [6.45, 7) is 5.03. The molecule has 0 radical (unpaired) electrons. The van der Waals surface area contributed by atoms with Gasteiger partial charge in [-0.2, -0.15) is 0 Å². The van der Waals surface area contributed by atoms with Gasteiger partial charge in [0.25, 0.3) is 0 Å². The van der Waals surface area contributed by atoms with Gasteiger partial charge in [-0.15, -0.1) is 0 Å². The number of hydrogen-bond donors (Lipinski definition) is 0. The molecule has 0 spiro atoms. The van der Waals surface area contributed by atoms with Gasteiger partial charge in [0.1, 0.15) is 6.10 Å². The number of rotatable bonds is 4. The summed E-state index contributed by atoms with van der Waals surface area (Å²) < 4.78 is 7.09. The van der Waals surface area contributed by atoms with E-state index in [1.807, 2.05) is 6.92 Å². The number of piperidine rings is 1. The summed E-state index contributed by atoms with van der Waals surface area (Å²) in [5.74, 6) is 0.644. The van der Waals surface area contributed by atoms with E-state index in [0.717, 1.165) is 42.6 Å². The summed E-state index contributed by atoms with van der Waals surface area (Å²) in [6.07, 6.45) is 5.75. The lowest BCUT2D eigenvalue weighted by Gasteiger charge is -2.31. The molecule has 22 heavy (non-hydrogen) atoms. The van der Waals surface area contributed by atoms with E-state index in [9.17, 15) is 0 Å². The number of aromatic nitrogens is 2. The van der Waals surface area contributed by atoms with Gasteiger partial charge in [-0.05, 0) is 37.5 Å². The molecule has 1 fully saturated rings. The molecule has 5 heteroatoms. The highest BCUT2D eigenvalue weighted by Gasteiger charge is 2.21. The summed E-state index contributed by atoms with van der Waals surface area (Å²) in [6, 6.07) is 8.51. The van der Waals surface area contributed by atoms with E-state index < -0.39 is 0 Å². The molecular weight excluding hydrogens is 342 g/mol. The Hall–Kier alpha value is -1.46. The highest BCUT2D eigenvalue weighted by atomic mass is 79.9. The van der Waals surface area contributed by atoms with Crippen molar-refractivity contribution in [3.05, 3.63) is 52.4 Å². The summed E-state index contributed by atoms with van der Waals surface area (Å²) in [7, 11) is 0. The van der Waals surface area contributed by atoms with Crippen molar-refractivity contribution in [1.82, 2.24) is 14.9 Å². The molecule has 0 aliphatic carbocycles. The number of ether oxygens (including phenoxy) is 1. The summed E-state index contributed by atoms with van der Waals surface area (Å²) >= 11 is 3.53. The molecular formula is C17H20BrN3O. The van der Waals surface area contributed by atoms with Crippen LogP contribution in [0.2, 0.25) is 0 Å². The van der Waals surface area contributed by atoms with E-state index in [4.69, 9.17) is 4.74 Å². The molecule has 2 aromatic rings. The molecule has 3 rings (SSSR count). The second kappa shape index (κ2) is 7.20. The molecule has 4 nitrogen and oxygen atoms in total. The standard InChI is InChI=1S/C17H20BrN3O/c1-13-10-19-11-17(20-13)22-16-5-7-21(8-6-16)12-14-3-2-4-15(18)9-14/h2-4,9-11,16H,5-8,12H2,1H3. The van der Waals surface area contributed by atoms with Crippen molar-refractivity contribution in [2.45, 2.75) is 32.4 Å². The Labute approximate surface area is 139 Å². The average Bonchev–Trinajstić information content (AvgIpc) is 2.49. The van der Waals surface area contributed by atoms with Crippen LogP contribution in [0.4, 0.5) is 0 Å². The molecule has 1 saturated heterocycles. The highest BCUT2D eigenvalue weighted by molar-refractivity contribution is 9.10. The van der Waals surface area contributed by atoms with Crippen LogP contribution in [-0.4, -0.2) is 34.1 Å². The molecule has 116 valence electrons. The summed E-state index contributed by atoms with van der Waals surface area (Å²) in [5.41, 5.74) is 2.24. The highest BCUT2D eigenvalue weighted by Crippen LogP contribution is 2.19. The number of benzene rings is 1. The SMILES string of the molecule is Cc1cncc(OC2CCN(Cc3cccc(Br)c3)CC2)n1. The minimum atomic E-state index is 0.245. The van der Waals surface area contributed by atoms with Crippen molar-refractivity contribution in [2.75, 3.05) is 13.1 Å². The number of nitrogens with zero attached hydrogens (tertiary/aromatic N) is 3. The normalized spacial score (nSPS) is 16.6. The Balaban J connectivity index is 1.50. The van der Waals surface area contributed by atoms with Crippen molar-refractivity contribution in [3.63, 3.8) is 0 Å². The van der Waals surface area contributed by atoms with Crippen molar-refractivity contribution >= 4 is 15.9 Å². The van der Waals surface area contributed by atoms with E-state index in [2.05, 4.69) is 55.1 Å². The molecule has 0 unspecified atom stereocenters. The van der Waals surface area contributed by atoms with E-state index >= 15 is 0 Å². The van der Waals surface area contributed by atoms with Gasteiger partial charge in [0.15, 0.2) is 0 Å². The maximum Gasteiger partial charge on any atom is 0.232 e. The quantitative estimate of drug-likeness (QED) is 0.833. The van der Waals surface area contributed by atoms with Crippen LogP contribution >= 0.6 is 15.9 Å². The van der Waals surface area contributed by atoms with Gasteiger partial charge >= 0.3 is 0 Å². The first kappa shape index (κ1) is 15.4. The summed E-state index contributed by atoms with van der Waals surface area (Å²) in [4.78, 5) is 11.0. The van der Waals surface area contributed by atoms with E-state index in [1.54, 1.807) is 12.4 Å². The average molecular weight is 362 g/mol. The molecule has 1 aromatic heterocycles. The Morgan fingerprint density at radius 3 is 2.82 bits per heavy atom. The molecule has 1 aliphatic heterocycles. The lowest BCUT2D eigenvalue weighted by atomic mass is 10.1. The zero-order chi connectivity index (χ0) is 15.4. The lowest BCUT2D eigenvalue weighted by Crippen LogP contribution is -2.37. The van der Waals surface area contributed by atoms with Crippen molar-refractivity contribution < 1.29 is 4.74 Å². The molecule has 0 saturated carbocycles. The van der Waals surface area contributed by atoms with Gasteiger partial charge < -0.3 is 4.74 Å².